The van der Waals surface area contributed by atoms with Crippen LogP contribution < -0.4 is 4.90 Å². The summed E-state index contributed by atoms with van der Waals surface area (Å²) in [6, 6.07) is 8.56. The number of hydrogen-bond donors (Lipinski definition) is 0. The normalized spacial score (nSPS) is 10.5. The summed E-state index contributed by atoms with van der Waals surface area (Å²) in [5.41, 5.74) is 1.32. The van der Waals surface area contributed by atoms with Crippen LogP contribution in [0.1, 0.15) is 5.56 Å². The highest BCUT2D eigenvalue weighted by atomic mass is 127. The smallest absolute Gasteiger partial charge is 0.208 e. The van der Waals surface area contributed by atoms with Crippen LogP contribution in [0.3, 0.4) is 0 Å². The maximum absolute atomic E-state index is 4.16. The Morgan fingerprint density at radius 1 is 1.24 bits per heavy atom. The van der Waals surface area contributed by atoms with E-state index in [1.807, 2.05) is 19.0 Å². The number of rotatable bonds is 4. The van der Waals surface area contributed by atoms with Crippen LogP contribution in [-0.4, -0.2) is 24.3 Å². The predicted molar refractivity (Wildman–Crippen MR) is 83.0 cm³/mol. The molecule has 0 atom stereocenters. The summed E-state index contributed by atoms with van der Waals surface area (Å²) >= 11 is 5.68. The zero-order valence-corrected chi connectivity index (χ0v) is 13.3. The molecule has 3 nitrogen and oxygen atoms in total. The first-order valence-electron chi connectivity index (χ1n) is 5.03. The van der Waals surface area contributed by atoms with Gasteiger partial charge in [-0.1, -0.05) is 35.2 Å². The Morgan fingerprint density at radius 3 is 2.53 bits per heavy atom. The van der Waals surface area contributed by atoms with Gasteiger partial charge in [0.2, 0.25) is 5.13 Å². The van der Waals surface area contributed by atoms with Gasteiger partial charge in [0.25, 0.3) is 0 Å². The van der Waals surface area contributed by atoms with Crippen LogP contribution >= 0.6 is 45.7 Å². The molecule has 0 amide bonds. The van der Waals surface area contributed by atoms with Crippen LogP contribution in [0.5, 0.6) is 0 Å². The average Bonchev–Trinajstić information content (AvgIpc) is 2.77. The van der Waals surface area contributed by atoms with E-state index in [2.05, 4.69) is 57.1 Å². The van der Waals surface area contributed by atoms with E-state index in [-0.39, 0.29) is 0 Å². The topological polar surface area (TPSA) is 29.0 Å². The Morgan fingerprint density at radius 2 is 1.94 bits per heavy atom. The summed E-state index contributed by atoms with van der Waals surface area (Å²) in [5.74, 6) is 0.943. The quantitative estimate of drug-likeness (QED) is 0.603. The van der Waals surface area contributed by atoms with Crippen molar-refractivity contribution in [2.24, 2.45) is 0 Å². The Balaban J connectivity index is 1.95. The minimum Gasteiger partial charge on any atom is -0.353 e. The van der Waals surface area contributed by atoms with E-state index in [4.69, 9.17) is 0 Å². The summed E-state index contributed by atoms with van der Waals surface area (Å²) < 4.78 is 2.29. The van der Waals surface area contributed by atoms with Crippen molar-refractivity contribution in [3.05, 3.63) is 33.4 Å². The molecule has 0 saturated heterocycles. The molecule has 0 radical (unpaired) electrons. The SMILES string of the molecule is CN(C)c1nnc(SCc2ccc(I)cc2)s1. The molecule has 0 N–H and O–H groups in total. The second-order valence-electron chi connectivity index (χ2n) is 3.66. The van der Waals surface area contributed by atoms with Crippen molar-refractivity contribution in [1.29, 1.82) is 0 Å². The van der Waals surface area contributed by atoms with Crippen LogP contribution in [0, 0.1) is 3.57 Å². The van der Waals surface area contributed by atoms with Gasteiger partial charge in [-0.25, -0.2) is 0 Å². The first-order valence-corrected chi connectivity index (χ1v) is 7.91. The largest absolute Gasteiger partial charge is 0.353 e. The van der Waals surface area contributed by atoms with Crippen molar-refractivity contribution >= 4 is 50.8 Å². The van der Waals surface area contributed by atoms with Gasteiger partial charge in [-0.15, -0.1) is 10.2 Å². The zero-order valence-electron chi connectivity index (χ0n) is 9.55. The van der Waals surface area contributed by atoms with E-state index in [1.165, 1.54) is 9.13 Å². The second kappa shape index (κ2) is 6.01. The van der Waals surface area contributed by atoms with Crippen LogP contribution in [-0.2, 0) is 5.75 Å². The molecule has 0 aliphatic heterocycles. The number of hydrogen-bond acceptors (Lipinski definition) is 5. The van der Waals surface area contributed by atoms with E-state index in [0.29, 0.717) is 0 Å². The van der Waals surface area contributed by atoms with E-state index in [0.717, 1.165) is 15.2 Å². The minimum absolute atomic E-state index is 0.943. The van der Waals surface area contributed by atoms with Gasteiger partial charge in [0.15, 0.2) is 4.34 Å². The van der Waals surface area contributed by atoms with Gasteiger partial charge < -0.3 is 4.90 Å². The third-order valence-corrected chi connectivity index (χ3v) is 5.07. The molecule has 0 fully saturated rings. The summed E-state index contributed by atoms with van der Waals surface area (Å²) in [5, 5.41) is 9.23. The first kappa shape index (κ1) is 13.1. The van der Waals surface area contributed by atoms with Gasteiger partial charge in [0.05, 0.1) is 0 Å². The molecule has 6 heteroatoms. The fourth-order valence-electron chi connectivity index (χ4n) is 1.17. The standard InChI is InChI=1S/C11H12IN3S2/c1-15(2)10-13-14-11(17-10)16-7-8-3-5-9(12)6-4-8/h3-6H,7H2,1-2H3. The highest BCUT2D eigenvalue weighted by Gasteiger charge is 2.06. The second-order valence-corrected chi connectivity index (χ2v) is 7.08. The maximum atomic E-state index is 4.16. The number of nitrogens with zero attached hydrogens (tertiary/aromatic N) is 3. The summed E-state index contributed by atoms with van der Waals surface area (Å²) in [4.78, 5) is 1.98. The number of thioether (sulfide) groups is 1. The van der Waals surface area contributed by atoms with Crippen molar-refractivity contribution in [1.82, 2.24) is 10.2 Å². The molecule has 1 aromatic carbocycles. The fourth-order valence-corrected chi connectivity index (χ4v) is 3.25. The molecule has 2 aromatic rings. The molecule has 0 unspecified atom stereocenters. The average molecular weight is 377 g/mol. The van der Waals surface area contributed by atoms with Crippen molar-refractivity contribution in [2.75, 3.05) is 19.0 Å². The molecule has 0 aliphatic rings. The molecular formula is C11H12IN3S2. The summed E-state index contributed by atoms with van der Waals surface area (Å²) in [6.45, 7) is 0. The van der Waals surface area contributed by atoms with Crippen LogP contribution in [0.15, 0.2) is 28.6 Å². The molecule has 1 heterocycles. The van der Waals surface area contributed by atoms with Gasteiger partial charge in [-0.2, -0.15) is 0 Å². The molecular weight excluding hydrogens is 365 g/mol. The van der Waals surface area contributed by atoms with Crippen molar-refractivity contribution < 1.29 is 0 Å². The van der Waals surface area contributed by atoms with E-state index in [1.54, 1.807) is 23.1 Å². The highest BCUT2D eigenvalue weighted by molar-refractivity contribution is 14.1. The summed E-state index contributed by atoms with van der Waals surface area (Å²) in [6.07, 6.45) is 0. The van der Waals surface area contributed by atoms with Crippen molar-refractivity contribution in [3.8, 4) is 0 Å². The van der Waals surface area contributed by atoms with E-state index >= 15 is 0 Å². The molecule has 0 bridgehead atoms. The lowest BCUT2D eigenvalue weighted by Crippen LogP contribution is -2.07. The predicted octanol–water partition coefficient (Wildman–Crippen LogP) is 3.50. The molecule has 17 heavy (non-hydrogen) atoms. The number of aromatic nitrogens is 2. The van der Waals surface area contributed by atoms with Gasteiger partial charge in [0.1, 0.15) is 0 Å². The maximum Gasteiger partial charge on any atom is 0.208 e. The minimum atomic E-state index is 0.943. The van der Waals surface area contributed by atoms with Gasteiger partial charge >= 0.3 is 0 Å². The fraction of sp³-hybridized carbons (Fsp3) is 0.273. The Labute approximate surface area is 123 Å². The number of halogens is 1. The summed E-state index contributed by atoms with van der Waals surface area (Å²) in [7, 11) is 3.96. The van der Waals surface area contributed by atoms with Gasteiger partial charge in [-0.05, 0) is 40.3 Å². The first-order chi connectivity index (χ1) is 8.15. The molecule has 1 aromatic heterocycles. The van der Waals surface area contributed by atoms with Crippen LogP contribution in [0.25, 0.3) is 0 Å². The third-order valence-electron chi connectivity index (χ3n) is 2.05. The highest BCUT2D eigenvalue weighted by Crippen LogP contribution is 2.29. The lowest BCUT2D eigenvalue weighted by Gasteiger charge is -2.03. The van der Waals surface area contributed by atoms with E-state index < -0.39 is 0 Å². The Bertz CT molecular complexity index is 482. The third kappa shape index (κ3) is 3.82. The monoisotopic (exact) mass is 377 g/mol. The van der Waals surface area contributed by atoms with Crippen molar-refractivity contribution in [3.63, 3.8) is 0 Å². The Hall–Kier alpha value is -0.340. The van der Waals surface area contributed by atoms with Crippen molar-refractivity contribution in [2.45, 2.75) is 10.1 Å². The lowest BCUT2D eigenvalue weighted by molar-refractivity contribution is 0.972. The van der Waals surface area contributed by atoms with Crippen LogP contribution in [0.4, 0.5) is 5.13 Å². The van der Waals surface area contributed by atoms with Gasteiger partial charge in [-0.3, -0.25) is 0 Å². The molecule has 0 saturated carbocycles. The number of anilines is 1. The van der Waals surface area contributed by atoms with Gasteiger partial charge in [0, 0.05) is 23.4 Å². The molecule has 2 rings (SSSR count). The number of benzene rings is 1. The molecule has 0 spiro atoms. The lowest BCUT2D eigenvalue weighted by atomic mass is 10.2. The Kier molecular flexibility index (Phi) is 4.63. The zero-order chi connectivity index (χ0) is 12.3. The molecule has 0 aliphatic carbocycles. The van der Waals surface area contributed by atoms with E-state index in [9.17, 15) is 0 Å². The molecule has 90 valence electrons. The van der Waals surface area contributed by atoms with Crippen LogP contribution in [0.2, 0.25) is 0 Å².